The quantitative estimate of drug-likeness (QED) is 0.353. The lowest BCUT2D eigenvalue weighted by Gasteiger charge is -2.18. The van der Waals surface area contributed by atoms with Crippen molar-refractivity contribution in [2.24, 2.45) is 5.41 Å². The van der Waals surface area contributed by atoms with E-state index >= 15 is 0 Å². The SMILES string of the molecule is Cc1cccc(C(F)(F)F)c1-c1nc(Br)sc1-c1cccc(OCCC(C)(C)C)c1. The third kappa shape index (κ3) is 5.43. The number of hydrogen-bond donors (Lipinski definition) is 0. The summed E-state index contributed by atoms with van der Waals surface area (Å²) in [6, 6.07) is 11.6. The summed E-state index contributed by atoms with van der Waals surface area (Å²) in [5.41, 5.74) is 1.22. The first-order valence-electron chi connectivity index (χ1n) is 9.52. The summed E-state index contributed by atoms with van der Waals surface area (Å²) < 4.78 is 47.5. The summed E-state index contributed by atoms with van der Waals surface area (Å²) in [7, 11) is 0. The highest BCUT2D eigenvalue weighted by Gasteiger charge is 2.35. The Morgan fingerprint density at radius 1 is 1.07 bits per heavy atom. The lowest BCUT2D eigenvalue weighted by molar-refractivity contribution is -0.137. The van der Waals surface area contributed by atoms with Gasteiger partial charge >= 0.3 is 6.18 Å². The van der Waals surface area contributed by atoms with Crippen LogP contribution in [0.25, 0.3) is 21.7 Å². The van der Waals surface area contributed by atoms with Crippen LogP contribution >= 0.6 is 27.3 Å². The molecule has 0 saturated carbocycles. The highest BCUT2D eigenvalue weighted by Crippen LogP contribution is 2.45. The van der Waals surface area contributed by atoms with Crippen LogP contribution in [0, 0.1) is 12.3 Å². The number of aryl methyl sites for hydroxylation is 1. The Labute approximate surface area is 187 Å². The Morgan fingerprint density at radius 3 is 2.43 bits per heavy atom. The zero-order valence-electron chi connectivity index (χ0n) is 17.2. The van der Waals surface area contributed by atoms with E-state index in [0.29, 0.717) is 32.4 Å². The van der Waals surface area contributed by atoms with Gasteiger partial charge in [-0.3, -0.25) is 0 Å². The van der Waals surface area contributed by atoms with Crippen molar-refractivity contribution >= 4 is 27.3 Å². The second-order valence-corrected chi connectivity index (χ2v) is 10.6. The number of halogens is 4. The summed E-state index contributed by atoms with van der Waals surface area (Å²) >= 11 is 4.66. The summed E-state index contributed by atoms with van der Waals surface area (Å²) in [5.74, 6) is 0.688. The van der Waals surface area contributed by atoms with Gasteiger partial charge in [-0.2, -0.15) is 13.2 Å². The predicted molar refractivity (Wildman–Crippen MR) is 120 cm³/mol. The van der Waals surface area contributed by atoms with Crippen molar-refractivity contribution in [2.75, 3.05) is 6.61 Å². The number of hydrogen-bond acceptors (Lipinski definition) is 3. The van der Waals surface area contributed by atoms with Gasteiger partial charge in [0.05, 0.1) is 22.7 Å². The van der Waals surface area contributed by atoms with Crippen LogP contribution in [0.4, 0.5) is 13.2 Å². The van der Waals surface area contributed by atoms with E-state index in [4.69, 9.17) is 4.74 Å². The fourth-order valence-electron chi connectivity index (χ4n) is 3.08. The number of nitrogens with zero attached hydrogens (tertiary/aromatic N) is 1. The van der Waals surface area contributed by atoms with Crippen molar-refractivity contribution in [3.05, 3.63) is 57.5 Å². The van der Waals surface area contributed by atoms with E-state index in [1.807, 2.05) is 24.3 Å². The molecule has 7 heteroatoms. The molecule has 0 amide bonds. The zero-order chi connectivity index (χ0) is 22.1. The molecule has 0 aliphatic heterocycles. The second-order valence-electron chi connectivity index (χ2n) is 8.33. The van der Waals surface area contributed by atoms with Crippen molar-refractivity contribution < 1.29 is 17.9 Å². The third-order valence-corrected chi connectivity index (χ3v) is 6.19. The minimum Gasteiger partial charge on any atom is -0.494 e. The molecule has 3 aromatic rings. The van der Waals surface area contributed by atoms with E-state index in [2.05, 4.69) is 41.7 Å². The van der Waals surface area contributed by atoms with Gasteiger partial charge in [-0.05, 0) is 64.0 Å². The summed E-state index contributed by atoms with van der Waals surface area (Å²) in [6.45, 7) is 8.69. The van der Waals surface area contributed by atoms with Crippen molar-refractivity contribution in [1.29, 1.82) is 0 Å². The fourth-order valence-corrected chi connectivity index (χ4v) is 4.54. The largest absolute Gasteiger partial charge is 0.494 e. The highest BCUT2D eigenvalue weighted by atomic mass is 79.9. The zero-order valence-corrected chi connectivity index (χ0v) is 19.6. The van der Waals surface area contributed by atoms with E-state index in [-0.39, 0.29) is 11.0 Å². The fraction of sp³-hybridized carbons (Fsp3) is 0.348. The molecule has 3 rings (SSSR count). The molecule has 0 aliphatic carbocycles. The number of benzene rings is 2. The highest BCUT2D eigenvalue weighted by molar-refractivity contribution is 9.11. The van der Waals surface area contributed by atoms with Crippen LogP contribution < -0.4 is 4.74 Å². The minimum absolute atomic E-state index is 0.112. The molecule has 2 aromatic carbocycles. The average molecular weight is 498 g/mol. The molecule has 30 heavy (non-hydrogen) atoms. The molecule has 0 fully saturated rings. The first-order chi connectivity index (χ1) is 14.0. The minimum atomic E-state index is -4.47. The van der Waals surface area contributed by atoms with Gasteiger partial charge in [-0.25, -0.2) is 4.98 Å². The monoisotopic (exact) mass is 497 g/mol. The van der Waals surface area contributed by atoms with Crippen LogP contribution in [-0.4, -0.2) is 11.6 Å². The van der Waals surface area contributed by atoms with Gasteiger partial charge in [0, 0.05) is 5.56 Å². The molecule has 0 atom stereocenters. The van der Waals surface area contributed by atoms with Crippen LogP contribution in [0.1, 0.15) is 38.3 Å². The molecule has 0 saturated heterocycles. The predicted octanol–water partition coefficient (Wildman–Crippen LogP) is 8.38. The van der Waals surface area contributed by atoms with E-state index in [1.54, 1.807) is 13.0 Å². The van der Waals surface area contributed by atoms with E-state index in [0.717, 1.165) is 18.1 Å². The molecule has 1 aromatic heterocycles. The van der Waals surface area contributed by atoms with Crippen LogP contribution in [-0.2, 0) is 6.18 Å². The second kappa shape index (κ2) is 8.71. The standard InChI is InChI=1S/C23H23BrF3NOS/c1-14-7-5-10-17(23(25,26)27)18(14)19-20(30-21(24)28-19)15-8-6-9-16(13-15)29-12-11-22(2,3)4/h5-10,13H,11-12H2,1-4H3. The Kier molecular flexibility index (Phi) is 6.63. The van der Waals surface area contributed by atoms with Crippen molar-refractivity contribution in [2.45, 2.75) is 40.3 Å². The number of thiazole rings is 1. The van der Waals surface area contributed by atoms with E-state index in [1.165, 1.54) is 17.4 Å². The molecule has 0 aliphatic rings. The van der Waals surface area contributed by atoms with Crippen LogP contribution in [0.3, 0.4) is 0 Å². The van der Waals surface area contributed by atoms with Gasteiger partial charge in [0.15, 0.2) is 3.92 Å². The number of ether oxygens (including phenoxy) is 1. The van der Waals surface area contributed by atoms with Crippen LogP contribution in [0.2, 0.25) is 0 Å². The van der Waals surface area contributed by atoms with Crippen LogP contribution in [0.15, 0.2) is 46.4 Å². The Balaban J connectivity index is 2.03. The molecule has 0 N–H and O–H groups in total. The molecule has 0 radical (unpaired) electrons. The molecule has 160 valence electrons. The Hall–Kier alpha value is -1.86. The van der Waals surface area contributed by atoms with Crippen molar-refractivity contribution in [1.82, 2.24) is 4.98 Å². The molecular weight excluding hydrogens is 475 g/mol. The smallest absolute Gasteiger partial charge is 0.417 e. The number of alkyl halides is 3. The molecule has 0 unspecified atom stereocenters. The van der Waals surface area contributed by atoms with Crippen molar-refractivity contribution in [3.8, 4) is 27.4 Å². The maximum Gasteiger partial charge on any atom is 0.417 e. The van der Waals surface area contributed by atoms with Gasteiger partial charge in [0.25, 0.3) is 0 Å². The Morgan fingerprint density at radius 2 is 1.77 bits per heavy atom. The average Bonchev–Trinajstić information content (AvgIpc) is 3.01. The third-order valence-electron chi connectivity index (χ3n) is 4.63. The molecule has 0 spiro atoms. The van der Waals surface area contributed by atoms with E-state index in [9.17, 15) is 13.2 Å². The Bertz CT molecular complexity index is 1040. The molecule has 1 heterocycles. The van der Waals surface area contributed by atoms with Crippen molar-refractivity contribution in [3.63, 3.8) is 0 Å². The maximum atomic E-state index is 13.7. The maximum absolute atomic E-state index is 13.7. The summed E-state index contributed by atoms with van der Waals surface area (Å²) in [6.07, 6.45) is -3.57. The number of rotatable bonds is 5. The van der Waals surface area contributed by atoms with Gasteiger partial charge in [-0.15, -0.1) is 11.3 Å². The van der Waals surface area contributed by atoms with Gasteiger partial charge in [0.1, 0.15) is 5.75 Å². The van der Waals surface area contributed by atoms with Gasteiger partial charge in [0.2, 0.25) is 0 Å². The molecular formula is C23H23BrF3NOS. The first-order valence-corrected chi connectivity index (χ1v) is 11.1. The summed E-state index contributed by atoms with van der Waals surface area (Å²) in [4.78, 5) is 5.08. The van der Waals surface area contributed by atoms with Gasteiger partial charge < -0.3 is 4.74 Å². The number of aromatic nitrogens is 1. The topological polar surface area (TPSA) is 22.1 Å². The molecule has 2 nitrogen and oxygen atoms in total. The lowest BCUT2D eigenvalue weighted by Crippen LogP contribution is -2.11. The first kappa shape index (κ1) is 22.8. The van der Waals surface area contributed by atoms with E-state index < -0.39 is 11.7 Å². The van der Waals surface area contributed by atoms with Crippen LogP contribution in [0.5, 0.6) is 5.75 Å². The van der Waals surface area contributed by atoms with Gasteiger partial charge in [-0.1, -0.05) is 45.0 Å². The molecule has 0 bridgehead atoms. The lowest BCUT2D eigenvalue weighted by atomic mass is 9.93. The normalized spacial score (nSPS) is 12.3. The summed E-state index contributed by atoms with van der Waals surface area (Å²) in [5, 5.41) is 0.